The minimum atomic E-state index is -4.49. The lowest BCUT2D eigenvalue weighted by Gasteiger charge is -2.42. The summed E-state index contributed by atoms with van der Waals surface area (Å²) in [6.45, 7) is -0.0930. The molecule has 0 radical (unpaired) electrons. The number of sulfonamides is 1. The Morgan fingerprint density at radius 3 is 2.50 bits per heavy atom. The van der Waals surface area contributed by atoms with Crippen LogP contribution in [0.2, 0.25) is 9.36 Å². The van der Waals surface area contributed by atoms with E-state index in [-0.39, 0.29) is 43.7 Å². The highest BCUT2D eigenvalue weighted by atomic mass is 79.9. The number of thiophene rings is 1. The zero-order valence-corrected chi connectivity index (χ0v) is 26.2. The van der Waals surface area contributed by atoms with Crippen LogP contribution < -0.4 is 9.04 Å². The fourth-order valence-corrected chi connectivity index (χ4v) is 9.49. The number of likely N-dealkylation sites (tertiary alicyclic amines) is 1. The average molecular weight is 689 g/mol. The van der Waals surface area contributed by atoms with E-state index in [0.717, 1.165) is 15.6 Å². The Hall–Kier alpha value is -2.19. The number of halogens is 3. The molecule has 0 spiro atoms. The van der Waals surface area contributed by atoms with Crippen molar-refractivity contribution in [3.05, 3.63) is 73.5 Å². The van der Waals surface area contributed by atoms with E-state index < -0.39 is 33.6 Å². The number of hydrogen-bond donors (Lipinski definition) is 1. The first-order chi connectivity index (χ1) is 18.8. The van der Waals surface area contributed by atoms with E-state index in [1.54, 1.807) is 43.3 Å². The molecule has 1 aromatic heterocycles. The molecule has 2 aromatic carbocycles. The number of fused-ring (bicyclic) bond motifs is 1. The Labute approximate surface area is 254 Å². The number of nitrogens with zero attached hydrogens (tertiary/aromatic N) is 3. The zero-order chi connectivity index (χ0) is 29.1. The number of aliphatic hydroxyl groups excluding tert-OH is 1. The summed E-state index contributed by atoms with van der Waals surface area (Å²) >= 11 is 16.7. The zero-order valence-electron chi connectivity index (χ0n) is 21.5. The summed E-state index contributed by atoms with van der Waals surface area (Å²) in [6.07, 6.45) is -0.925. The largest absolute Gasteiger partial charge is 0.496 e. The van der Waals surface area contributed by atoms with Crippen LogP contribution in [-0.2, 0) is 25.2 Å². The fourth-order valence-electron chi connectivity index (χ4n) is 5.48. The number of methoxy groups -OCH3 is 1. The minimum Gasteiger partial charge on any atom is -0.496 e. The van der Waals surface area contributed by atoms with Gasteiger partial charge in [-0.2, -0.15) is 12.7 Å². The second-order valence-corrected chi connectivity index (χ2v) is 14.6. The standard InChI is InChI=1S/C26H24BrCl2N3O6S2/c1-30(2)24(34)20-11-15(33)13-31(20)26(16-6-4-5-7-21(16)38-3)17-10-14(28)8-9-19(17)32(25(26)35)40(36,37)22-12-18(27)23(29)39-22/h4-10,12,15,20,33H,11,13H2,1-3H3/t15-,20+,26?/m1/s1. The van der Waals surface area contributed by atoms with E-state index in [9.17, 15) is 23.1 Å². The van der Waals surface area contributed by atoms with Crippen molar-refractivity contribution in [3.8, 4) is 5.75 Å². The molecule has 3 atom stereocenters. The van der Waals surface area contributed by atoms with Crippen molar-refractivity contribution < 1.29 is 27.9 Å². The minimum absolute atomic E-state index is 0.0390. The van der Waals surface area contributed by atoms with Crippen LogP contribution in [0.3, 0.4) is 0 Å². The van der Waals surface area contributed by atoms with Gasteiger partial charge in [0.05, 0.1) is 24.9 Å². The van der Waals surface area contributed by atoms with Gasteiger partial charge in [0.2, 0.25) is 5.91 Å². The molecular weight excluding hydrogens is 665 g/mol. The third-order valence-electron chi connectivity index (χ3n) is 7.11. The van der Waals surface area contributed by atoms with Gasteiger partial charge in [0.15, 0.2) is 5.54 Å². The van der Waals surface area contributed by atoms with Gasteiger partial charge < -0.3 is 14.7 Å². The van der Waals surface area contributed by atoms with Gasteiger partial charge in [0.1, 0.15) is 14.3 Å². The molecule has 1 N–H and O–H groups in total. The van der Waals surface area contributed by atoms with Crippen LogP contribution in [0.25, 0.3) is 0 Å². The number of anilines is 1. The Morgan fingerprint density at radius 1 is 1.18 bits per heavy atom. The smallest absolute Gasteiger partial charge is 0.280 e. The summed E-state index contributed by atoms with van der Waals surface area (Å²) < 4.78 is 35.2. The molecule has 3 heterocycles. The first-order valence-corrected chi connectivity index (χ1v) is 15.8. The van der Waals surface area contributed by atoms with Crippen molar-refractivity contribution >= 4 is 78.0 Å². The van der Waals surface area contributed by atoms with Gasteiger partial charge in [-0.1, -0.05) is 41.4 Å². The lowest BCUT2D eigenvalue weighted by atomic mass is 9.80. The fraction of sp³-hybridized carbons (Fsp3) is 0.308. The lowest BCUT2D eigenvalue weighted by Crippen LogP contribution is -2.59. The van der Waals surface area contributed by atoms with Crippen LogP contribution in [0, 0.1) is 0 Å². The van der Waals surface area contributed by atoms with E-state index >= 15 is 0 Å². The molecule has 3 aromatic rings. The normalized spacial score (nSPS) is 23.0. The third-order valence-corrected chi connectivity index (χ3v) is 12.0. The summed E-state index contributed by atoms with van der Waals surface area (Å²) in [5, 5.41) is 11.1. The van der Waals surface area contributed by atoms with E-state index in [1.165, 1.54) is 36.3 Å². The van der Waals surface area contributed by atoms with E-state index in [1.807, 2.05) is 0 Å². The second kappa shape index (κ2) is 10.6. The number of β-amino-alcohol motifs (C(OH)–C–C–N with tert-alkyl or cyclic N) is 1. The summed E-state index contributed by atoms with van der Waals surface area (Å²) in [6, 6.07) is 11.6. The number of para-hydroxylation sites is 1. The van der Waals surface area contributed by atoms with Crippen molar-refractivity contribution in [2.24, 2.45) is 0 Å². The highest BCUT2D eigenvalue weighted by Crippen LogP contribution is 2.55. The average Bonchev–Trinajstić information content (AvgIpc) is 3.55. The Bertz CT molecular complexity index is 1610. The van der Waals surface area contributed by atoms with E-state index in [0.29, 0.717) is 15.8 Å². The first kappa shape index (κ1) is 29.3. The highest BCUT2D eigenvalue weighted by molar-refractivity contribution is 9.10. The Morgan fingerprint density at radius 2 is 1.88 bits per heavy atom. The van der Waals surface area contributed by atoms with E-state index in [4.69, 9.17) is 27.9 Å². The molecule has 14 heteroatoms. The quantitative estimate of drug-likeness (QED) is 0.411. The van der Waals surface area contributed by atoms with Gasteiger partial charge in [-0.05, 0) is 52.7 Å². The molecule has 0 aliphatic carbocycles. The van der Waals surface area contributed by atoms with Crippen molar-refractivity contribution in [2.75, 3.05) is 32.1 Å². The van der Waals surface area contributed by atoms with Crippen LogP contribution in [0.4, 0.5) is 5.69 Å². The third kappa shape index (κ3) is 4.36. The molecule has 2 aliphatic heterocycles. The molecule has 1 fully saturated rings. The predicted molar refractivity (Wildman–Crippen MR) is 157 cm³/mol. The molecule has 0 saturated carbocycles. The summed E-state index contributed by atoms with van der Waals surface area (Å²) in [5.74, 6) is -0.918. The number of benzene rings is 2. The van der Waals surface area contributed by atoms with Gasteiger partial charge in [-0.25, -0.2) is 0 Å². The van der Waals surface area contributed by atoms with Crippen molar-refractivity contribution in [1.29, 1.82) is 0 Å². The maximum absolute atomic E-state index is 15.0. The second-order valence-electron chi connectivity index (χ2n) is 9.62. The molecule has 2 aliphatic rings. The monoisotopic (exact) mass is 687 g/mol. The molecule has 0 bridgehead atoms. The number of amides is 2. The number of rotatable bonds is 6. The first-order valence-electron chi connectivity index (χ1n) is 12.0. The number of carbonyl (C=O) groups excluding carboxylic acids is 2. The van der Waals surface area contributed by atoms with E-state index in [2.05, 4.69) is 15.9 Å². The topological polar surface area (TPSA) is 107 Å². The van der Waals surface area contributed by atoms with Gasteiger partial charge in [-0.15, -0.1) is 11.3 Å². The number of hydrogen-bond acceptors (Lipinski definition) is 8. The molecule has 2 amide bonds. The van der Waals surface area contributed by atoms with Crippen molar-refractivity contribution in [3.63, 3.8) is 0 Å². The lowest BCUT2D eigenvalue weighted by molar-refractivity contribution is -0.138. The molecule has 212 valence electrons. The maximum Gasteiger partial charge on any atom is 0.280 e. The van der Waals surface area contributed by atoms with Gasteiger partial charge in [0, 0.05) is 41.3 Å². The highest BCUT2D eigenvalue weighted by Gasteiger charge is 2.64. The van der Waals surface area contributed by atoms with Gasteiger partial charge >= 0.3 is 0 Å². The molecule has 1 unspecified atom stereocenters. The molecule has 1 saturated heterocycles. The number of likely N-dealkylation sites (N-methyl/N-ethyl adjacent to an activating group) is 1. The molecule has 40 heavy (non-hydrogen) atoms. The summed E-state index contributed by atoms with van der Waals surface area (Å²) in [7, 11) is 0.106. The molecule has 9 nitrogen and oxygen atoms in total. The Balaban J connectivity index is 1.87. The predicted octanol–water partition coefficient (Wildman–Crippen LogP) is 4.33. The van der Waals surface area contributed by atoms with Crippen molar-refractivity contribution in [1.82, 2.24) is 9.80 Å². The number of aliphatic hydroxyl groups is 1. The van der Waals surface area contributed by atoms with Crippen LogP contribution in [0.15, 0.2) is 57.2 Å². The summed E-state index contributed by atoms with van der Waals surface area (Å²) in [5.41, 5.74) is -1.28. The van der Waals surface area contributed by atoms with Crippen LogP contribution in [0.1, 0.15) is 17.5 Å². The number of ether oxygens (including phenoxy) is 1. The van der Waals surface area contributed by atoms with Crippen LogP contribution in [0.5, 0.6) is 5.75 Å². The SMILES string of the molecule is COc1ccccc1C1(N2C[C@H](O)C[C@H]2C(=O)N(C)C)C(=O)N(S(=O)(=O)c2cc(Br)c(Cl)s2)c2ccc(Cl)cc21. The van der Waals surface area contributed by atoms with Crippen molar-refractivity contribution in [2.45, 2.75) is 28.3 Å². The number of carbonyl (C=O) groups is 2. The summed E-state index contributed by atoms with van der Waals surface area (Å²) in [4.78, 5) is 31.4. The Kier molecular flexibility index (Phi) is 7.75. The van der Waals surface area contributed by atoms with Crippen LogP contribution >= 0.6 is 50.5 Å². The maximum atomic E-state index is 15.0. The van der Waals surface area contributed by atoms with Gasteiger partial charge in [0.25, 0.3) is 15.9 Å². The van der Waals surface area contributed by atoms with Crippen LogP contribution in [-0.4, -0.2) is 75.0 Å². The van der Waals surface area contributed by atoms with Gasteiger partial charge in [-0.3, -0.25) is 14.5 Å². The molecule has 5 rings (SSSR count). The molecular formula is C26H24BrCl2N3O6S2.